The standard InChI is InChI=1S/C16H16N2O/c1-11-7-6-10-18-16(11)14(12(2)19)15(17-18)13-8-4-3-5-9-13/h3-10,12,19H,1-2H3. The van der Waals surface area contributed by atoms with Crippen molar-refractivity contribution in [3.63, 3.8) is 0 Å². The first-order chi connectivity index (χ1) is 9.18. The molecule has 0 bridgehead atoms. The van der Waals surface area contributed by atoms with Gasteiger partial charge in [-0.05, 0) is 25.5 Å². The molecule has 0 saturated heterocycles. The zero-order chi connectivity index (χ0) is 13.4. The van der Waals surface area contributed by atoms with Crippen molar-refractivity contribution >= 4 is 5.52 Å². The van der Waals surface area contributed by atoms with Crippen molar-refractivity contribution in [1.82, 2.24) is 9.61 Å². The second kappa shape index (κ2) is 4.52. The SMILES string of the molecule is Cc1cccn2nc(-c3ccccc3)c(C(C)O)c12. The number of hydrogen-bond donors (Lipinski definition) is 1. The minimum atomic E-state index is -0.547. The molecule has 3 rings (SSSR count). The number of hydrogen-bond acceptors (Lipinski definition) is 2. The Labute approximate surface area is 112 Å². The van der Waals surface area contributed by atoms with Gasteiger partial charge in [0, 0.05) is 17.3 Å². The van der Waals surface area contributed by atoms with Crippen LogP contribution in [0.3, 0.4) is 0 Å². The molecular weight excluding hydrogens is 236 g/mol. The largest absolute Gasteiger partial charge is 0.389 e. The molecule has 0 radical (unpaired) electrons. The summed E-state index contributed by atoms with van der Waals surface area (Å²) in [6, 6.07) is 14.0. The molecule has 0 aliphatic rings. The third kappa shape index (κ3) is 1.92. The first-order valence-corrected chi connectivity index (χ1v) is 6.40. The highest BCUT2D eigenvalue weighted by atomic mass is 16.3. The number of pyridine rings is 1. The van der Waals surface area contributed by atoms with E-state index < -0.39 is 6.10 Å². The highest BCUT2D eigenvalue weighted by Crippen LogP contribution is 2.32. The number of nitrogens with zero attached hydrogens (tertiary/aromatic N) is 2. The molecule has 0 saturated carbocycles. The van der Waals surface area contributed by atoms with E-state index in [1.54, 1.807) is 6.92 Å². The molecule has 3 nitrogen and oxygen atoms in total. The van der Waals surface area contributed by atoms with E-state index in [0.717, 1.165) is 27.9 Å². The number of fused-ring (bicyclic) bond motifs is 1. The van der Waals surface area contributed by atoms with E-state index in [2.05, 4.69) is 5.10 Å². The van der Waals surface area contributed by atoms with Crippen molar-refractivity contribution in [2.45, 2.75) is 20.0 Å². The Morgan fingerprint density at radius 1 is 1.11 bits per heavy atom. The van der Waals surface area contributed by atoms with Crippen molar-refractivity contribution in [3.05, 3.63) is 59.8 Å². The Morgan fingerprint density at radius 3 is 2.53 bits per heavy atom. The van der Waals surface area contributed by atoms with Gasteiger partial charge in [0.2, 0.25) is 0 Å². The second-order valence-corrected chi connectivity index (χ2v) is 4.79. The lowest BCUT2D eigenvalue weighted by Gasteiger charge is -2.07. The van der Waals surface area contributed by atoms with E-state index in [-0.39, 0.29) is 0 Å². The van der Waals surface area contributed by atoms with Gasteiger partial charge < -0.3 is 5.11 Å². The molecule has 1 aromatic carbocycles. The van der Waals surface area contributed by atoms with Crippen LogP contribution in [0.1, 0.15) is 24.2 Å². The van der Waals surface area contributed by atoms with Crippen LogP contribution in [0.2, 0.25) is 0 Å². The van der Waals surface area contributed by atoms with Gasteiger partial charge in [-0.25, -0.2) is 4.52 Å². The summed E-state index contributed by atoms with van der Waals surface area (Å²) >= 11 is 0. The fraction of sp³-hybridized carbons (Fsp3) is 0.188. The fourth-order valence-corrected chi connectivity index (χ4v) is 2.50. The first kappa shape index (κ1) is 11.9. The quantitative estimate of drug-likeness (QED) is 0.759. The van der Waals surface area contributed by atoms with Crippen molar-refractivity contribution in [1.29, 1.82) is 0 Å². The molecule has 0 aliphatic heterocycles. The molecule has 3 aromatic rings. The summed E-state index contributed by atoms with van der Waals surface area (Å²) in [4.78, 5) is 0. The lowest BCUT2D eigenvalue weighted by molar-refractivity contribution is 0.201. The van der Waals surface area contributed by atoms with Gasteiger partial charge in [0.15, 0.2) is 0 Å². The Bertz CT molecular complexity index is 714. The molecule has 1 atom stereocenters. The highest BCUT2D eigenvalue weighted by Gasteiger charge is 2.19. The zero-order valence-electron chi connectivity index (χ0n) is 11.0. The molecule has 96 valence electrons. The second-order valence-electron chi connectivity index (χ2n) is 4.79. The normalized spacial score (nSPS) is 12.8. The Balaban J connectivity index is 2.37. The van der Waals surface area contributed by atoms with E-state index in [1.807, 2.05) is 60.1 Å². The molecule has 2 aromatic heterocycles. The molecule has 0 spiro atoms. The molecule has 0 aliphatic carbocycles. The van der Waals surface area contributed by atoms with Crippen molar-refractivity contribution in [2.75, 3.05) is 0 Å². The number of aliphatic hydroxyl groups is 1. The van der Waals surface area contributed by atoms with E-state index in [9.17, 15) is 5.11 Å². The Morgan fingerprint density at radius 2 is 1.84 bits per heavy atom. The summed E-state index contributed by atoms with van der Waals surface area (Å²) in [6.45, 7) is 3.83. The van der Waals surface area contributed by atoms with E-state index >= 15 is 0 Å². The number of aliphatic hydroxyl groups excluding tert-OH is 1. The Kier molecular flexibility index (Phi) is 2.84. The molecule has 0 fully saturated rings. The number of aryl methyl sites for hydroxylation is 1. The smallest absolute Gasteiger partial charge is 0.0991 e. The predicted molar refractivity (Wildman–Crippen MR) is 76.0 cm³/mol. The maximum absolute atomic E-state index is 10.1. The molecular formula is C16H16N2O. The Hall–Kier alpha value is -2.13. The third-order valence-corrected chi connectivity index (χ3v) is 3.36. The van der Waals surface area contributed by atoms with Gasteiger partial charge in [0.25, 0.3) is 0 Å². The van der Waals surface area contributed by atoms with E-state index in [4.69, 9.17) is 0 Å². The zero-order valence-corrected chi connectivity index (χ0v) is 11.0. The van der Waals surface area contributed by atoms with Crippen molar-refractivity contribution in [3.8, 4) is 11.3 Å². The van der Waals surface area contributed by atoms with Crippen LogP contribution in [-0.4, -0.2) is 14.7 Å². The van der Waals surface area contributed by atoms with Gasteiger partial charge in [-0.3, -0.25) is 0 Å². The van der Waals surface area contributed by atoms with Crippen LogP contribution >= 0.6 is 0 Å². The molecule has 19 heavy (non-hydrogen) atoms. The lowest BCUT2D eigenvalue weighted by Crippen LogP contribution is -1.94. The summed E-state index contributed by atoms with van der Waals surface area (Å²) in [5.41, 5.74) is 4.89. The average Bonchev–Trinajstić information content (AvgIpc) is 2.81. The van der Waals surface area contributed by atoms with E-state index in [0.29, 0.717) is 0 Å². The minimum Gasteiger partial charge on any atom is -0.389 e. The van der Waals surface area contributed by atoms with Gasteiger partial charge >= 0.3 is 0 Å². The molecule has 3 heteroatoms. The number of rotatable bonds is 2. The minimum absolute atomic E-state index is 0.547. The summed E-state index contributed by atoms with van der Waals surface area (Å²) in [6.07, 6.45) is 1.37. The van der Waals surface area contributed by atoms with Crippen LogP contribution in [-0.2, 0) is 0 Å². The van der Waals surface area contributed by atoms with Gasteiger partial charge in [0.1, 0.15) is 0 Å². The van der Waals surface area contributed by atoms with Crippen LogP contribution < -0.4 is 0 Å². The van der Waals surface area contributed by atoms with Crippen molar-refractivity contribution in [2.24, 2.45) is 0 Å². The van der Waals surface area contributed by atoms with Crippen LogP contribution in [0.25, 0.3) is 16.8 Å². The maximum atomic E-state index is 10.1. The summed E-state index contributed by atoms with van der Waals surface area (Å²) < 4.78 is 1.85. The number of benzene rings is 1. The summed E-state index contributed by atoms with van der Waals surface area (Å²) in [7, 11) is 0. The maximum Gasteiger partial charge on any atom is 0.0991 e. The first-order valence-electron chi connectivity index (χ1n) is 6.40. The van der Waals surface area contributed by atoms with Crippen LogP contribution in [0, 0.1) is 6.92 Å². The van der Waals surface area contributed by atoms with Crippen LogP contribution in [0.15, 0.2) is 48.7 Å². The van der Waals surface area contributed by atoms with Gasteiger partial charge in [-0.15, -0.1) is 0 Å². The summed E-state index contributed by atoms with van der Waals surface area (Å²) in [5.74, 6) is 0. The third-order valence-electron chi connectivity index (χ3n) is 3.36. The highest BCUT2D eigenvalue weighted by molar-refractivity contribution is 5.75. The van der Waals surface area contributed by atoms with Crippen LogP contribution in [0.5, 0.6) is 0 Å². The molecule has 1 N–H and O–H groups in total. The average molecular weight is 252 g/mol. The van der Waals surface area contributed by atoms with Gasteiger partial charge in [-0.1, -0.05) is 36.4 Å². The lowest BCUT2D eigenvalue weighted by atomic mass is 10.0. The molecule has 1 unspecified atom stereocenters. The topological polar surface area (TPSA) is 37.5 Å². The van der Waals surface area contributed by atoms with Gasteiger partial charge in [-0.2, -0.15) is 5.10 Å². The molecule has 2 heterocycles. The summed E-state index contributed by atoms with van der Waals surface area (Å²) in [5, 5.41) is 14.7. The fourth-order valence-electron chi connectivity index (χ4n) is 2.50. The van der Waals surface area contributed by atoms with Crippen molar-refractivity contribution < 1.29 is 5.11 Å². The van der Waals surface area contributed by atoms with Crippen LogP contribution in [0.4, 0.5) is 0 Å². The van der Waals surface area contributed by atoms with E-state index in [1.165, 1.54) is 0 Å². The van der Waals surface area contributed by atoms with Gasteiger partial charge in [0.05, 0.1) is 17.3 Å². The number of aromatic nitrogens is 2. The monoisotopic (exact) mass is 252 g/mol. The predicted octanol–water partition coefficient (Wildman–Crippen LogP) is 3.36. The molecule has 0 amide bonds.